The molecule has 1 saturated heterocycles. The summed E-state index contributed by atoms with van der Waals surface area (Å²) >= 11 is 0. The molecule has 2 atom stereocenters. The van der Waals surface area contributed by atoms with Crippen LogP contribution in [0.25, 0.3) is 11.0 Å². The molecule has 4 rings (SSSR count). The lowest BCUT2D eigenvalue weighted by Gasteiger charge is -2.42. The maximum Gasteiger partial charge on any atom is 0.321 e. The highest BCUT2D eigenvalue weighted by Crippen LogP contribution is 2.28. The van der Waals surface area contributed by atoms with Gasteiger partial charge in [0.2, 0.25) is 0 Å². The van der Waals surface area contributed by atoms with Crippen LogP contribution < -0.4 is 10.2 Å². The fraction of sp³-hybridized carbons (Fsp3) is 0.350. The predicted octanol–water partition coefficient (Wildman–Crippen LogP) is 2.60. The molecule has 9 nitrogen and oxygen atoms in total. The Kier molecular flexibility index (Phi) is 4.99. The van der Waals surface area contributed by atoms with Gasteiger partial charge in [0, 0.05) is 26.3 Å². The molecule has 1 aliphatic rings. The van der Waals surface area contributed by atoms with Gasteiger partial charge in [0.1, 0.15) is 29.6 Å². The first-order valence-corrected chi connectivity index (χ1v) is 9.50. The molecule has 0 aromatic carbocycles. The lowest BCUT2D eigenvalue weighted by molar-refractivity contribution is 0.172. The van der Waals surface area contributed by atoms with Crippen LogP contribution in [0.1, 0.15) is 19.0 Å². The zero-order valence-electron chi connectivity index (χ0n) is 16.3. The van der Waals surface area contributed by atoms with Gasteiger partial charge in [-0.3, -0.25) is 0 Å². The van der Waals surface area contributed by atoms with Crippen LogP contribution in [-0.2, 0) is 0 Å². The third-order valence-electron chi connectivity index (χ3n) is 5.50. The Labute approximate surface area is 168 Å². The number of pyridine rings is 1. The van der Waals surface area contributed by atoms with E-state index in [-0.39, 0.29) is 12.1 Å². The number of amides is 2. The van der Waals surface area contributed by atoms with Crippen molar-refractivity contribution in [1.29, 1.82) is 5.26 Å². The lowest BCUT2D eigenvalue weighted by Crippen LogP contribution is -2.53. The molecule has 29 heavy (non-hydrogen) atoms. The first kappa shape index (κ1) is 18.7. The van der Waals surface area contributed by atoms with Crippen molar-refractivity contribution in [3.05, 3.63) is 42.6 Å². The van der Waals surface area contributed by atoms with Crippen LogP contribution in [0.4, 0.5) is 16.3 Å². The Balaban J connectivity index is 1.49. The van der Waals surface area contributed by atoms with Gasteiger partial charge in [-0.1, -0.05) is 6.92 Å². The Morgan fingerprint density at radius 1 is 1.34 bits per heavy atom. The number of aromatic amines is 1. The zero-order valence-corrected chi connectivity index (χ0v) is 16.3. The summed E-state index contributed by atoms with van der Waals surface area (Å²) in [6, 6.07) is 7.16. The van der Waals surface area contributed by atoms with Crippen molar-refractivity contribution in [2.24, 2.45) is 5.92 Å². The molecule has 4 heterocycles. The van der Waals surface area contributed by atoms with Crippen molar-refractivity contribution < 1.29 is 4.79 Å². The minimum Gasteiger partial charge on any atom is -0.354 e. The molecule has 0 aliphatic carbocycles. The number of H-pyrrole nitrogens is 1. The number of piperidine rings is 1. The fourth-order valence-corrected chi connectivity index (χ4v) is 3.77. The largest absolute Gasteiger partial charge is 0.354 e. The Morgan fingerprint density at radius 3 is 2.97 bits per heavy atom. The van der Waals surface area contributed by atoms with Crippen LogP contribution in [-0.4, -0.2) is 57.0 Å². The van der Waals surface area contributed by atoms with Crippen molar-refractivity contribution in [3.8, 4) is 6.07 Å². The van der Waals surface area contributed by atoms with Gasteiger partial charge in [-0.05, 0) is 30.5 Å². The second-order valence-electron chi connectivity index (χ2n) is 7.30. The lowest BCUT2D eigenvalue weighted by atomic mass is 9.92. The standard InChI is InChI=1S/C20H22N8O/c1-13-6-8-28(20(29)26-15-4-3-14(9-21)23-10-15)11-17(13)27(2)19-16-5-7-22-18(16)24-12-25-19/h3-5,7,10,12-13,17H,6,8,11H2,1-2H3,(H,26,29)(H,22,24,25). The highest BCUT2D eigenvalue weighted by molar-refractivity contribution is 5.89. The van der Waals surface area contributed by atoms with Gasteiger partial charge >= 0.3 is 6.03 Å². The molecule has 2 unspecified atom stereocenters. The second-order valence-corrected chi connectivity index (χ2v) is 7.30. The number of aromatic nitrogens is 4. The van der Waals surface area contributed by atoms with E-state index in [4.69, 9.17) is 5.26 Å². The summed E-state index contributed by atoms with van der Waals surface area (Å²) in [6.45, 7) is 3.48. The van der Waals surface area contributed by atoms with Gasteiger partial charge in [-0.25, -0.2) is 19.7 Å². The molecule has 3 aromatic heterocycles. The normalized spacial score (nSPS) is 19.0. The number of hydrogen-bond acceptors (Lipinski definition) is 6. The third kappa shape index (κ3) is 3.69. The van der Waals surface area contributed by atoms with Gasteiger partial charge in [-0.2, -0.15) is 5.26 Å². The monoisotopic (exact) mass is 390 g/mol. The SMILES string of the molecule is CC1CCN(C(=O)Nc2ccc(C#N)nc2)CC1N(C)c1ncnc2[nH]ccc12. The van der Waals surface area contributed by atoms with E-state index in [0.717, 1.165) is 23.3 Å². The van der Waals surface area contributed by atoms with Crippen LogP contribution in [0.3, 0.4) is 0 Å². The summed E-state index contributed by atoms with van der Waals surface area (Å²) < 4.78 is 0. The Morgan fingerprint density at radius 2 is 2.21 bits per heavy atom. The van der Waals surface area contributed by atoms with Gasteiger partial charge in [-0.15, -0.1) is 0 Å². The number of likely N-dealkylation sites (N-methyl/N-ethyl adjacent to an activating group) is 1. The van der Waals surface area contributed by atoms with E-state index in [9.17, 15) is 4.79 Å². The van der Waals surface area contributed by atoms with E-state index in [1.807, 2.05) is 30.3 Å². The van der Waals surface area contributed by atoms with E-state index in [2.05, 4.69) is 37.1 Å². The molecular weight excluding hydrogens is 368 g/mol. The van der Waals surface area contributed by atoms with Gasteiger partial charge in [0.15, 0.2) is 0 Å². The van der Waals surface area contributed by atoms with Gasteiger partial charge in [0.05, 0.1) is 23.3 Å². The number of rotatable bonds is 3. The average molecular weight is 390 g/mol. The number of nitriles is 1. The number of carbonyl (C=O) groups is 1. The number of carbonyl (C=O) groups excluding carboxylic acids is 1. The highest BCUT2D eigenvalue weighted by atomic mass is 16.2. The topological polar surface area (TPSA) is 114 Å². The fourth-order valence-electron chi connectivity index (χ4n) is 3.77. The van der Waals surface area contributed by atoms with Crippen molar-refractivity contribution >= 4 is 28.6 Å². The minimum atomic E-state index is -0.170. The van der Waals surface area contributed by atoms with Crippen LogP contribution >= 0.6 is 0 Å². The van der Waals surface area contributed by atoms with Crippen molar-refractivity contribution in [2.45, 2.75) is 19.4 Å². The summed E-state index contributed by atoms with van der Waals surface area (Å²) in [7, 11) is 2.02. The van der Waals surface area contributed by atoms with Gasteiger partial charge in [0.25, 0.3) is 0 Å². The number of hydrogen-bond donors (Lipinski definition) is 2. The summed E-state index contributed by atoms with van der Waals surface area (Å²) in [5.74, 6) is 1.26. The zero-order chi connectivity index (χ0) is 20.4. The van der Waals surface area contributed by atoms with E-state index in [1.165, 1.54) is 6.20 Å². The minimum absolute atomic E-state index is 0.126. The molecule has 3 aromatic rings. The molecular formula is C20H22N8O. The number of anilines is 2. The smallest absolute Gasteiger partial charge is 0.321 e. The number of likely N-dealkylation sites (tertiary alicyclic amines) is 1. The summed E-state index contributed by atoms with van der Waals surface area (Å²) in [4.78, 5) is 32.6. The van der Waals surface area contributed by atoms with E-state index in [0.29, 0.717) is 30.4 Å². The Bertz CT molecular complexity index is 1050. The molecule has 2 amide bonds. The number of fused-ring (bicyclic) bond motifs is 1. The Hall–Kier alpha value is -3.67. The van der Waals surface area contributed by atoms with Crippen LogP contribution in [0.15, 0.2) is 36.9 Å². The highest BCUT2D eigenvalue weighted by Gasteiger charge is 2.32. The molecule has 9 heteroatoms. The number of urea groups is 1. The predicted molar refractivity (Wildman–Crippen MR) is 109 cm³/mol. The van der Waals surface area contributed by atoms with Crippen molar-refractivity contribution in [1.82, 2.24) is 24.8 Å². The van der Waals surface area contributed by atoms with Crippen molar-refractivity contribution in [2.75, 3.05) is 30.4 Å². The summed E-state index contributed by atoms with van der Waals surface area (Å²) in [5, 5.41) is 12.7. The van der Waals surface area contributed by atoms with E-state index in [1.54, 1.807) is 18.5 Å². The third-order valence-corrected chi connectivity index (χ3v) is 5.50. The summed E-state index contributed by atoms with van der Waals surface area (Å²) in [5.41, 5.74) is 1.69. The molecule has 148 valence electrons. The maximum atomic E-state index is 12.8. The number of nitrogens with zero attached hydrogens (tertiary/aromatic N) is 6. The van der Waals surface area contributed by atoms with Crippen LogP contribution in [0, 0.1) is 17.2 Å². The van der Waals surface area contributed by atoms with Gasteiger partial charge < -0.3 is 20.1 Å². The average Bonchev–Trinajstić information content (AvgIpc) is 3.23. The summed E-state index contributed by atoms with van der Waals surface area (Å²) in [6.07, 6.45) is 5.80. The first-order chi connectivity index (χ1) is 14.1. The molecule has 2 N–H and O–H groups in total. The molecule has 1 fully saturated rings. The quantitative estimate of drug-likeness (QED) is 0.711. The van der Waals surface area contributed by atoms with Crippen molar-refractivity contribution in [3.63, 3.8) is 0 Å². The molecule has 0 spiro atoms. The molecule has 1 aliphatic heterocycles. The van der Waals surface area contributed by atoms with Crippen LogP contribution in [0.2, 0.25) is 0 Å². The second kappa shape index (κ2) is 7.75. The molecule has 0 bridgehead atoms. The molecule has 0 saturated carbocycles. The maximum absolute atomic E-state index is 12.8. The van der Waals surface area contributed by atoms with Crippen LogP contribution in [0.5, 0.6) is 0 Å². The molecule has 0 radical (unpaired) electrons. The number of nitrogens with one attached hydrogen (secondary N) is 2. The first-order valence-electron chi connectivity index (χ1n) is 9.50. The van der Waals surface area contributed by atoms with E-state index < -0.39 is 0 Å². The van der Waals surface area contributed by atoms with E-state index >= 15 is 0 Å².